The maximum Gasteiger partial charge on any atom is 0.249 e. The normalized spacial score (nSPS) is 13.6. The fraction of sp³-hybridized carbons (Fsp3) is 0.926. The molecule has 0 heterocycles. The second-order valence-electron chi connectivity index (χ2n) is 23.5. The van der Waals surface area contributed by atoms with Crippen molar-refractivity contribution in [1.82, 2.24) is 5.32 Å². The molecule has 0 fully saturated rings. The first-order valence-corrected chi connectivity index (χ1v) is 33.7. The summed E-state index contributed by atoms with van der Waals surface area (Å²) in [6.07, 6.45) is 78.8. The summed E-state index contributed by atoms with van der Waals surface area (Å²) < 4.78 is 0. The zero-order valence-electron chi connectivity index (χ0n) is 50.1. The molecule has 0 aliphatic heterocycles. The summed E-state index contributed by atoms with van der Waals surface area (Å²) in [5.74, 6) is -0.590. The standard InChI is InChI=1S/C68H133NO5/c1-3-5-7-9-11-13-15-17-19-21-23-25-26-27-28-29-30-31-32-33-34-35-36-37-38-39-40-41-42-44-46-48-50-52-54-56-58-60-62-66(72)68(74)69-64(63-70)67(73)65(71)61-59-57-55-53-51-49-47-45-43-24-22-20-18-16-14-12-10-8-6-4-2/h45,47,53,55,64-67,70-73H,3-44,46,48-52,54,56-63H2,1-2H3,(H,69,74)/b47-45+,55-53+. The third kappa shape index (κ3) is 55.5. The van der Waals surface area contributed by atoms with E-state index >= 15 is 0 Å². The Labute approximate surface area is 463 Å². The molecule has 6 heteroatoms. The Balaban J connectivity index is 3.52. The molecule has 1 amide bonds. The first kappa shape index (κ1) is 72.8. The highest BCUT2D eigenvalue weighted by Gasteiger charge is 2.28. The average molecular weight is 1040 g/mol. The lowest BCUT2D eigenvalue weighted by Gasteiger charge is -2.27. The predicted molar refractivity (Wildman–Crippen MR) is 325 cm³/mol. The van der Waals surface area contributed by atoms with Crippen LogP contribution in [0.3, 0.4) is 0 Å². The van der Waals surface area contributed by atoms with E-state index < -0.39 is 36.9 Å². The van der Waals surface area contributed by atoms with Crippen LogP contribution in [0.5, 0.6) is 0 Å². The molecule has 0 saturated heterocycles. The van der Waals surface area contributed by atoms with Gasteiger partial charge in [0.1, 0.15) is 12.2 Å². The Bertz CT molecular complexity index is 1130. The number of rotatable bonds is 63. The minimum Gasteiger partial charge on any atom is -0.394 e. The number of allylic oxidation sites excluding steroid dienone is 4. The second kappa shape index (κ2) is 62.6. The van der Waals surface area contributed by atoms with Crippen molar-refractivity contribution in [3.63, 3.8) is 0 Å². The van der Waals surface area contributed by atoms with Crippen LogP contribution in [-0.4, -0.2) is 57.3 Å². The molecule has 0 aromatic rings. The van der Waals surface area contributed by atoms with Gasteiger partial charge >= 0.3 is 0 Å². The Kier molecular flexibility index (Phi) is 61.6. The van der Waals surface area contributed by atoms with Crippen LogP contribution in [0.1, 0.15) is 373 Å². The summed E-state index contributed by atoms with van der Waals surface area (Å²) in [6.45, 7) is 4.08. The summed E-state index contributed by atoms with van der Waals surface area (Å²) in [5.41, 5.74) is 0. The van der Waals surface area contributed by atoms with E-state index in [1.165, 1.54) is 302 Å². The van der Waals surface area contributed by atoms with Gasteiger partial charge in [0.05, 0.1) is 18.8 Å². The van der Waals surface area contributed by atoms with Crippen molar-refractivity contribution in [2.75, 3.05) is 6.61 Å². The van der Waals surface area contributed by atoms with E-state index in [4.69, 9.17) is 0 Å². The van der Waals surface area contributed by atoms with Crippen molar-refractivity contribution in [2.24, 2.45) is 0 Å². The van der Waals surface area contributed by atoms with Crippen molar-refractivity contribution < 1.29 is 25.2 Å². The monoisotopic (exact) mass is 1040 g/mol. The Hall–Kier alpha value is -1.21. The summed E-state index contributed by atoms with van der Waals surface area (Å²) in [6, 6.07) is -1.01. The molecule has 0 rings (SSSR count). The molecule has 0 spiro atoms. The lowest BCUT2D eigenvalue weighted by Crippen LogP contribution is -2.53. The first-order chi connectivity index (χ1) is 36.5. The third-order valence-corrected chi connectivity index (χ3v) is 16.1. The van der Waals surface area contributed by atoms with Gasteiger partial charge in [-0.3, -0.25) is 4.79 Å². The van der Waals surface area contributed by atoms with Gasteiger partial charge in [0.25, 0.3) is 0 Å². The van der Waals surface area contributed by atoms with Gasteiger partial charge in [-0.15, -0.1) is 0 Å². The van der Waals surface area contributed by atoms with Crippen LogP contribution >= 0.6 is 0 Å². The third-order valence-electron chi connectivity index (χ3n) is 16.1. The highest BCUT2D eigenvalue weighted by Crippen LogP contribution is 2.19. The highest BCUT2D eigenvalue weighted by atomic mass is 16.3. The number of aliphatic hydroxyl groups is 4. The zero-order valence-corrected chi connectivity index (χ0v) is 50.1. The van der Waals surface area contributed by atoms with Gasteiger partial charge in [0, 0.05) is 0 Å². The zero-order chi connectivity index (χ0) is 53.7. The van der Waals surface area contributed by atoms with Crippen molar-refractivity contribution in [1.29, 1.82) is 0 Å². The van der Waals surface area contributed by atoms with E-state index in [1.807, 2.05) is 0 Å². The van der Waals surface area contributed by atoms with Crippen molar-refractivity contribution in [2.45, 2.75) is 398 Å². The molecule has 0 aliphatic rings. The van der Waals surface area contributed by atoms with Crippen molar-refractivity contribution in [3.05, 3.63) is 24.3 Å². The lowest BCUT2D eigenvalue weighted by molar-refractivity contribution is -0.132. The van der Waals surface area contributed by atoms with Crippen LogP contribution in [0.15, 0.2) is 24.3 Å². The van der Waals surface area contributed by atoms with E-state index in [9.17, 15) is 25.2 Å². The molecule has 5 N–H and O–H groups in total. The van der Waals surface area contributed by atoms with E-state index in [0.29, 0.717) is 19.3 Å². The molecule has 0 radical (unpaired) electrons. The SMILES string of the molecule is CCCCCCCCCCCCC/C=C/CC/C=C/CCCC(O)C(O)C(CO)NC(=O)C(O)CCCCCCCCCCCCCCCCCCCCCCCCCCCCCCCCCCCCCCCC. The van der Waals surface area contributed by atoms with Crippen LogP contribution in [0.25, 0.3) is 0 Å². The van der Waals surface area contributed by atoms with Crippen LogP contribution < -0.4 is 5.32 Å². The van der Waals surface area contributed by atoms with Crippen molar-refractivity contribution in [3.8, 4) is 0 Å². The van der Waals surface area contributed by atoms with E-state index in [-0.39, 0.29) is 0 Å². The van der Waals surface area contributed by atoms with Gasteiger partial charge in [0.15, 0.2) is 0 Å². The Morgan fingerprint density at radius 3 is 0.851 bits per heavy atom. The summed E-state index contributed by atoms with van der Waals surface area (Å²) >= 11 is 0. The van der Waals surface area contributed by atoms with Gasteiger partial charge in [-0.25, -0.2) is 0 Å². The Morgan fingerprint density at radius 2 is 0.568 bits per heavy atom. The Morgan fingerprint density at radius 1 is 0.324 bits per heavy atom. The van der Waals surface area contributed by atoms with Gasteiger partial charge < -0.3 is 25.7 Å². The topological polar surface area (TPSA) is 110 Å². The van der Waals surface area contributed by atoms with Crippen LogP contribution in [0, 0.1) is 0 Å². The van der Waals surface area contributed by atoms with Gasteiger partial charge in [0.2, 0.25) is 5.91 Å². The number of carbonyl (C=O) groups excluding carboxylic acids is 1. The molecule has 6 nitrogen and oxygen atoms in total. The number of amides is 1. The highest BCUT2D eigenvalue weighted by molar-refractivity contribution is 5.80. The average Bonchev–Trinajstić information content (AvgIpc) is 3.41. The molecular formula is C68H133NO5. The van der Waals surface area contributed by atoms with Gasteiger partial charge in [-0.05, 0) is 51.4 Å². The molecular weight excluding hydrogens is 911 g/mol. The van der Waals surface area contributed by atoms with E-state index in [0.717, 1.165) is 38.5 Å². The largest absolute Gasteiger partial charge is 0.394 e. The van der Waals surface area contributed by atoms with Crippen LogP contribution in [0.4, 0.5) is 0 Å². The molecule has 0 saturated carbocycles. The minimum absolute atomic E-state index is 0.365. The van der Waals surface area contributed by atoms with Crippen LogP contribution in [-0.2, 0) is 4.79 Å². The van der Waals surface area contributed by atoms with E-state index in [1.54, 1.807) is 0 Å². The summed E-state index contributed by atoms with van der Waals surface area (Å²) in [5, 5.41) is 44.1. The lowest BCUT2D eigenvalue weighted by atomic mass is 10.00. The molecule has 0 bridgehead atoms. The molecule has 0 aromatic carbocycles. The molecule has 4 unspecified atom stereocenters. The number of hydrogen-bond donors (Lipinski definition) is 5. The van der Waals surface area contributed by atoms with E-state index in [2.05, 4.69) is 43.5 Å². The molecule has 0 aliphatic carbocycles. The predicted octanol–water partition coefficient (Wildman–Crippen LogP) is 20.5. The molecule has 0 aromatic heterocycles. The van der Waals surface area contributed by atoms with Crippen molar-refractivity contribution >= 4 is 5.91 Å². The fourth-order valence-corrected chi connectivity index (χ4v) is 10.9. The second-order valence-corrected chi connectivity index (χ2v) is 23.5. The maximum absolute atomic E-state index is 12.6. The molecule has 4 atom stereocenters. The fourth-order valence-electron chi connectivity index (χ4n) is 10.9. The van der Waals surface area contributed by atoms with Crippen LogP contribution in [0.2, 0.25) is 0 Å². The maximum atomic E-state index is 12.6. The minimum atomic E-state index is -1.29. The smallest absolute Gasteiger partial charge is 0.249 e. The number of hydrogen-bond acceptors (Lipinski definition) is 5. The molecule has 74 heavy (non-hydrogen) atoms. The molecule has 440 valence electrons. The first-order valence-electron chi connectivity index (χ1n) is 33.7. The number of carbonyl (C=O) groups is 1. The number of aliphatic hydroxyl groups excluding tert-OH is 4. The summed E-state index contributed by atoms with van der Waals surface area (Å²) in [4.78, 5) is 12.6. The van der Waals surface area contributed by atoms with Gasteiger partial charge in [-0.1, -0.05) is 346 Å². The quantitative estimate of drug-likeness (QED) is 0.0308. The number of nitrogens with one attached hydrogen (secondary N) is 1. The van der Waals surface area contributed by atoms with Gasteiger partial charge in [-0.2, -0.15) is 0 Å². The summed E-state index contributed by atoms with van der Waals surface area (Å²) in [7, 11) is 0. The number of unbranched alkanes of at least 4 members (excludes halogenated alkanes) is 50.